The third kappa shape index (κ3) is 7.43. The molecule has 0 bridgehead atoms. The Bertz CT molecular complexity index is 1200. The van der Waals surface area contributed by atoms with Gasteiger partial charge in [0.15, 0.2) is 11.8 Å². The highest BCUT2D eigenvalue weighted by molar-refractivity contribution is 6.12. The Hall–Kier alpha value is -3.75. The lowest BCUT2D eigenvalue weighted by atomic mass is 9.96. The van der Waals surface area contributed by atoms with Gasteiger partial charge in [-0.2, -0.15) is 0 Å². The van der Waals surface area contributed by atoms with E-state index in [2.05, 4.69) is 22.6 Å². The fourth-order valence-corrected chi connectivity index (χ4v) is 3.95. The van der Waals surface area contributed by atoms with Crippen molar-refractivity contribution in [3.8, 4) is 11.8 Å². The van der Waals surface area contributed by atoms with Gasteiger partial charge in [0.2, 0.25) is 0 Å². The van der Waals surface area contributed by atoms with E-state index in [4.69, 9.17) is 14.3 Å². The smallest absolute Gasteiger partial charge is 0.279 e. The Labute approximate surface area is 228 Å². The number of methoxy groups -OCH3 is 1. The average Bonchev–Trinajstić information content (AvgIpc) is 2.98. The zero-order valence-corrected chi connectivity index (χ0v) is 22.7. The summed E-state index contributed by atoms with van der Waals surface area (Å²) in [6, 6.07) is 13.7. The second-order valence-electron chi connectivity index (χ2n) is 9.28. The largest absolute Gasteiger partial charge is 0.386 e. The Balaban J connectivity index is 1.69. The van der Waals surface area contributed by atoms with Gasteiger partial charge in [-0.25, -0.2) is 10.3 Å². The van der Waals surface area contributed by atoms with Gasteiger partial charge in [-0.3, -0.25) is 14.4 Å². The molecule has 0 radical (unpaired) electrons. The van der Waals surface area contributed by atoms with Crippen LogP contribution in [-0.2, 0) is 23.9 Å². The molecular weight excluding hydrogens is 502 g/mol. The lowest BCUT2D eigenvalue weighted by Crippen LogP contribution is -2.65. The van der Waals surface area contributed by atoms with E-state index in [1.165, 1.54) is 28.1 Å². The summed E-state index contributed by atoms with van der Waals surface area (Å²) < 4.78 is 10.4. The topological polar surface area (TPSA) is 126 Å². The predicted molar refractivity (Wildman–Crippen MR) is 143 cm³/mol. The van der Waals surface area contributed by atoms with Crippen molar-refractivity contribution in [2.24, 2.45) is 0 Å². The summed E-state index contributed by atoms with van der Waals surface area (Å²) in [4.78, 5) is 45.6. The quantitative estimate of drug-likeness (QED) is 0.253. The van der Waals surface area contributed by atoms with Crippen LogP contribution < -0.4 is 10.8 Å². The lowest BCUT2D eigenvalue weighted by Gasteiger charge is -2.36. The Kier molecular flexibility index (Phi) is 10.6. The molecule has 10 nitrogen and oxygen atoms in total. The molecule has 0 spiro atoms. The van der Waals surface area contributed by atoms with Gasteiger partial charge in [0.05, 0.1) is 6.61 Å². The number of carbonyl (C=O) groups is 3. The molecule has 0 saturated carbocycles. The van der Waals surface area contributed by atoms with Gasteiger partial charge in [-0.15, -0.1) is 0 Å². The molecule has 39 heavy (non-hydrogen) atoms. The molecule has 3 unspecified atom stereocenters. The van der Waals surface area contributed by atoms with Crippen LogP contribution in [0.15, 0.2) is 48.5 Å². The average molecular weight is 538 g/mol. The maximum Gasteiger partial charge on any atom is 0.279 e. The van der Waals surface area contributed by atoms with E-state index >= 15 is 0 Å². The molecule has 3 amide bonds. The molecular formula is C29H35N3O7. The van der Waals surface area contributed by atoms with E-state index in [1.807, 2.05) is 12.1 Å². The van der Waals surface area contributed by atoms with Crippen LogP contribution in [0.2, 0.25) is 0 Å². The van der Waals surface area contributed by atoms with Crippen molar-refractivity contribution in [3.05, 3.63) is 70.8 Å². The maximum atomic E-state index is 13.3. The number of hydroxylamine groups is 1. The summed E-state index contributed by atoms with van der Waals surface area (Å²) >= 11 is 0. The molecule has 208 valence electrons. The number of hydrogen-bond donors (Lipinski definition) is 3. The molecule has 2 aromatic rings. The maximum absolute atomic E-state index is 13.3. The highest BCUT2D eigenvalue weighted by Crippen LogP contribution is 2.20. The highest BCUT2D eigenvalue weighted by Gasteiger charge is 2.47. The summed E-state index contributed by atoms with van der Waals surface area (Å²) in [6.45, 7) is 2.09. The van der Waals surface area contributed by atoms with Gasteiger partial charge >= 0.3 is 0 Å². The van der Waals surface area contributed by atoms with E-state index in [0.29, 0.717) is 18.6 Å². The number of likely N-dealkylation sites (N-methyl/N-ethyl adjacent to an activating group) is 2. The Morgan fingerprint density at radius 2 is 1.69 bits per heavy atom. The molecule has 3 atom stereocenters. The van der Waals surface area contributed by atoms with Crippen LogP contribution in [0.5, 0.6) is 0 Å². The zero-order valence-electron chi connectivity index (χ0n) is 22.7. The van der Waals surface area contributed by atoms with Crippen molar-refractivity contribution in [1.82, 2.24) is 15.7 Å². The molecule has 1 aliphatic heterocycles. The van der Waals surface area contributed by atoms with Crippen LogP contribution in [0, 0.1) is 11.8 Å². The number of aliphatic hydroxyl groups is 1. The molecule has 1 fully saturated rings. The second kappa shape index (κ2) is 13.9. The molecule has 1 heterocycles. The van der Waals surface area contributed by atoms with Gasteiger partial charge in [-0.1, -0.05) is 24.0 Å². The van der Waals surface area contributed by atoms with E-state index < -0.39 is 35.7 Å². The van der Waals surface area contributed by atoms with Gasteiger partial charge in [0, 0.05) is 50.9 Å². The van der Waals surface area contributed by atoms with Crippen molar-refractivity contribution in [2.45, 2.75) is 44.1 Å². The molecule has 3 N–H and O–H groups in total. The number of ether oxygens (including phenoxy) is 2. The van der Waals surface area contributed by atoms with E-state index in [0.717, 1.165) is 28.9 Å². The molecule has 1 aliphatic rings. The number of amides is 3. The number of rotatable bonds is 9. The first kappa shape index (κ1) is 29.8. The molecule has 10 heteroatoms. The van der Waals surface area contributed by atoms with Crippen molar-refractivity contribution >= 4 is 17.7 Å². The van der Waals surface area contributed by atoms with Gasteiger partial charge in [-0.05, 0) is 61.7 Å². The number of carbonyl (C=O) groups excluding carboxylic acids is 3. The number of nitrogens with zero attached hydrogens (tertiary/aromatic N) is 1. The molecule has 0 aromatic heterocycles. The molecule has 2 aromatic carbocycles. The third-order valence-corrected chi connectivity index (χ3v) is 6.61. The van der Waals surface area contributed by atoms with E-state index in [1.54, 1.807) is 36.4 Å². The van der Waals surface area contributed by atoms with Gasteiger partial charge in [0.25, 0.3) is 17.7 Å². The Morgan fingerprint density at radius 3 is 2.23 bits per heavy atom. The standard InChI is InChI=1S/C29H35N3O7/c1-29(27(35)30-2,28(36)31-39-25-7-5-6-18-38-25)32(3)26(34)23-16-12-21(13-17-23)9-8-20-10-14-22(15-11-20)24(33)19-37-4/h10-17,24-25,33H,5-7,18-19H2,1-4H3,(H,30,35)(H,31,36). The molecule has 3 rings (SSSR count). The predicted octanol–water partition coefficient (Wildman–Crippen LogP) is 1.92. The first-order valence-corrected chi connectivity index (χ1v) is 12.7. The summed E-state index contributed by atoms with van der Waals surface area (Å²) in [7, 11) is 4.30. The van der Waals surface area contributed by atoms with Crippen molar-refractivity contribution in [3.63, 3.8) is 0 Å². The van der Waals surface area contributed by atoms with Crippen LogP contribution in [0.3, 0.4) is 0 Å². The van der Waals surface area contributed by atoms with Crippen LogP contribution in [0.4, 0.5) is 0 Å². The number of benzene rings is 2. The van der Waals surface area contributed by atoms with Crippen molar-refractivity contribution in [1.29, 1.82) is 0 Å². The second-order valence-corrected chi connectivity index (χ2v) is 9.28. The first-order valence-electron chi connectivity index (χ1n) is 12.7. The normalized spacial score (nSPS) is 17.1. The minimum atomic E-state index is -1.89. The minimum Gasteiger partial charge on any atom is -0.386 e. The van der Waals surface area contributed by atoms with Crippen LogP contribution in [0.1, 0.15) is 59.3 Å². The van der Waals surface area contributed by atoms with Crippen molar-refractivity contribution in [2.75, 3.05) is 34.4 Å². The number of aliphatic hydroxyl groups excluding tert-OH is 1. The highest BCUT2D eigenvalue weighted by atomic mass is 16.8. The lowest BCUT2D eigenvalue weighted by molar-refractivity contribution is -0.204. The fraction of sp³-hybridized carbons (Fsp3) is 0.414. The monoisotopic (exact) mass is 537 g/mol. The van der Waals surface area contributed by atoms with Crippen molar-refractivity contribution < 1.29 is 33.8 Å². The van der Waals surface area contributed by atoms with Gasteiger partial charge < -0.3 is 24.8 Å². The van der Waals surface area contributed by atoms with Crippen LogP contribution in [0.25, 0.3) is 0 Å². The SMILES string of the molecule is CNC(=O)C(C)(C(=O)NOC1CCCCO1)N(C)C(=O)c1ccc(C#Cc2ccc(C(O)COC)cc2)cc1. The zero-order chi connectivity index (χ0) is 28.4. The van der Waals surface area contributed by atoms with Gasteiger partial charge in [0.1, 0.15) is 6.10 Å². The summed E-state index contributed by atoms with van der Waals surface area (Å²) in [5.41, 5.74) is 2.85. The number of nitrogens with one attached hydrogen (secondary N) is 2. The third-order valence-electron chi connectivity index (χ3n) is 6.61. The van der Waals surface area contributed by atoms with Crippen LogP contribution >= 0.6 is 0 Å². The number of hydrogen-bond acceptors (Lipinski definition) is 7. The summed E-state index contributed by atoms with van der Waals surface area (Å²) in [5, 5.41) is 12.4. The van der Waals surface area contributed by atoms with E-state index in [9.17, 15) is 19.5 Å². The fourth-order valence-electron chi connectivity index (χ4n) is 3.95. The van der Waals surface area contributed by atoms with E-state index in [-0.39, 0.29) is 12.2 Å². The molecule has 0 aliphatic carbocycles. The Morgan fingerprint density at radius 1 is 1.08 bits per heavy atom. The molecule has 1 saturated heterocycles. The first-order chi connectivity index (χ1) is 18.7. The van der Waals surface area contributed by atoms with Crippen LogP contribution in [-0.4, -0.2) is 74.0 Å². The summed E-state index contributed by atoms with van der Waals surface area (Å²) in [5.74, 6) is 4.08. The summed E-state index contributed by atoms with van der Waals surface area (Å²) in [6.07, 6.45) is 1.13. The minimum absolute atomic E-state index is 0.210.